The number of hydrogen-bond donors (Lipinski definition) is 0. The van der Waals surface area contributed by atoms with Gasteiger partial charge in [0, 0.05) is 11.0 Å². The molecule has 3 nitrogen and oxygen atoms in total. The second-order valence-electron chi connectivity index (χ2n) is 4.28. The maximum absolute atomic E-state index is 12.5. The van der Waals surface area contributed by atoms with Crippen molar-refractivity contribution < 1.29 is 4.79 Å². The van der Waals surface area contributed by atoms with Crippen LogP contribution in [-0.2, 0) is 6.54 Å². The van der Waals surface area contributed by atoms with E-state index in [0.717, 1.165) is 10.0 Å². The summed E-state index contributed by atoms with van der Waals surface area (Å²) in [6, 6.07) is 18.9. The summed E-state index contributed by atoms with van der Waals surface area (Å²) in [6.45, 7) is 0.490. The lowest BCUT2D eigenvalue weighted by Crippen LogP contribution is -2.31. The molecule has 1 amide bonds. The summed E-state index contributed by atoms with van der Waals surface area (Å²) in [5, 5.41) is 8.92. The minimum Gasteiger partial charge on any atom is -0.321 e. The van der Waals surface area contributed by atoms with Crippen LogP contribution in [-0.4, -0.2) is 17.4 Å². The van der Waals surface area contributed by atoms with Gasteiger partial charge in [-0.15, -0.1) is 0 Å². The monoisotopic (exact) mass is 328 g/mol. The zero-order chi connectivity index (χ0) is 14.4. The Labute approximate surface area is 126 Å². The summed E-state index contributed by atoms with van der Waals surface area (Å²) in [4.78, 5) is 14.0. The van der Waals surface area contributed by atoms with Crippen molar-refractivity contribution in [2.75, 3.05) is 6.54 Å². The normalized spacial score (nSPS) is 9.80. The summed E-state index contributed by atoms with van der Waals surface area (Å²) in [5.41, 5.74) is 1.57. The molecule has 0 aliphatic carbocycles. The summed E-state index contributed by atoms with van der Waals surface area (Å²) >= 11 is 3.37. The number of benzene rings is 2. The van der Waals surface area contributed by atoms with Crippen molar-refractivity contribution in [2.45, 2.75) is 6.54 Å². The third-order valence-electron chi connectivity index (χ3n) is 2.87. The van der Waals surface area contributed by atoms with Crippen molar-refractivity contribution in [1.82, 2.24) is 4.90 Å². The van der Waals surface area contributed by atoms with Gasteiger partial charge >= 0.3 is 0 Å². The third-order valence-corrected chi connectivity index (χ3v) is 3.56. The van der Waals surface area contributed by atoms with E-state index >= 15 is 0 Å². The summed E-state index contributed by atoms with van der Waals surface area (Å²) in [6.07, 6.45) is 0. The predicted octanol–water partition coefficient (Wildman–Crippen LogP) is 3.62. The summed E-state index contributed by atoms with van der Waals surface area (Å²) in [5.74, 6) is -0.150. The van der Waals surface area contributed by atoms with Crippen LogP contribution in [0.15, 0.2) is 59.1 Å². The molecular formula is C16H13BrN2O. The molecule has 100 valence electrons. The molecule has 0 atom stereocenters. The molecule has 20 heavy (non-hydrogen) atoms. The van der Waals surface area contributed by atoms with Gasteiger partial charge < -0.3 is 4.90 Å². The van der Waals surface area contributed by atoms with Gasteiger partial charge in [0.15, 0.2) is 0 Å². The quantitative estimate of drug-likeness (QED) is 0.804. The van der Waals surface area contributed by atoms with Crippen LogP contribution in [0, 0.1) is 11.3 Å². The Morgan fingerprint density at radius 3 is 2.40 bits per heavy atom. The van der Waals surface area contributed by atoms with Crippen LogP contribution in [0.1, 0.15) is 15.9 Å². The Morgan fingerprint density at radius 2 is 1.75 bits per heavy atom. The van der Waals surface area contributed by atoms with Crippen molar-refractivity contribution in [3.05, 3.63) is 70.2 Å². The van der Waals surface area contributed by atoms with E-state index in [1.165, 1.54) is 4.90 Å². The van der Waals surface area contributed by atoms with E-state index in [-0.39, 0.29) is 12.5 Å². The zero-order valence-corrected chi connectivity index (χ0v) is 12.4. The third kappa shape index (κ3) is 3.46. The first-order valence-electron chi connectivity index (χ1n) is 6.17. The number of rotatable bonds is 4. The number of hydrogen-bond acceptors (Lipinski definition) is 2. The first kappa shape index (κ1) is 14.3. The Balaban J connectivity index is 2.23. The highest BCUT2D eigenvalue weighted by Gasteiger charge is 2.17. The summed E-state index contributed by atoms with van der Waals surface area (Å²) in [7, 11) is 0. The Kier molecular flexibility index (Phi) is 4.91. The molecule has 0 radical (unpaired) electrons. The molecule has 0 aliphatic rings. The molecule has 0 fully saturated rings. The highest BCUT2D eigenvalue weighted by atomic mass is 79.9. The van der Waals surface area contributed by atoms with E-state index < -0.39 is 0 Å². The van der Waals surface area contributed by atoms with Crippen molar-refractivity contribution in [1.29, 1.82) is 5.26 Å². The van der Waals surface area contributed by atoms with Gasteiger partial charge in [-0.3, -0.25) is 4.79 Å². The minimum atomic E-state index is -0.150. The van der Waals surface area contributed by atoms with E-state index in [1.807, 2.05) is 54.6 Å². The molecular weight excluding hydrogens is 316 g/mol. The van der Waals surface area contributed by atoms with Gasteiger partial charge in [0.25, 0.3) is 5.91 Å². The molecule has 0 saturated heterocycles. The van der Waals surface area contributed by atoms with Crippen LogP contribution >= 0.6 is 15.9 Å². The van der Waals surface area contributed by atoms with Crippen LogP contribution in [0.4, 0.5) is 0 Å². The predicted molar refractivity (Wildman–Crippen MR) is 80.9 cm³/mol. The average molecular weight is 329 g/mol. The van der Waals surface area contributed by atoms with Crippen molar-refractivity contribution >= 4 is 21.8 Å². The lowest BCUT2D eigenvalue weighted by molar-refractivity contribution is 0.0764. The van der Waals surface area contributed by atoms with Crippen LogP contribution < -0.4 is 0 Å². The Morgan fingerprint density at radius 1 is 1.10 bits per heavy atom. The highest BCUT2D eigenvalue weighted by Crippen LogP contribution is 2.19. The van der Waals surface area contributed by atoms with Gasteiger partial charge in [-0.25, -0.2) is 0 Å². The SMILES string of the molecule is N#CCN(Cc1ccccc1)C(=O)c1ccccc1Br. The second kappa shape index (κ2) is 6.88. The van der Waals surface area contributed by atoms with Crippen LogP contribution in [0.5, 0.6) is 0 Å². The first-order valence-corrected chi connectivity index (χ1v) is 6.96. The van der Waals surface area contributed by atoms with Gasteiger partial charge in [0.1, 0.15) is 6.54 Å². The molecule has 0 bridgehead atoms. The van der Waals surface area contributed by atoms with Crippen LogP contribution in [0.2, 0.25) is 0 Å². The smallest absolute Gasteiger partial charge is 0.256 e. The lowest BCUT2D eigenvalue weighted by Gasteiger charge is -2.20. The molecule has 0 saturated carbocycles. The number of halogens is 1. The number of nitriles is 1. The van der Waals surface area contributed by atoms with Gasteiger partial charge in [-0.1, -0.05) is 42.5 Å². The standard InChI is InChI=1S/C16H13BrN2O/c17-15-9-5-4-8-14(15)16(20)19(11-10-18)12-13-6-2-1-3-7-13/h1-9H,11-12H2. The Hall–Kier alpha value is -2.12. The number of carbonyl (C=O) groups excluding carboxylic acids is 1. The van der Waals surface area contributed by atoms with Crippen LogP contribution in [0.25, 0.3) is 0 Å². The molecule has 4 heteroatoms. The average Bonchev–Trinajstić information content (AvgIpc) is 2.48. The fourth-order valence-corrected chi connectivity index (χ4v) is 2.35. The van der Waals surface area contributed by atoms with Gasteiger partial charge in [-0.05, 0) is 33.6 Å². The van der Waals surface area contributed by atoms with Crippen molar-refractivity contribution in [2.24, 2.45) is 0 Å². The molecule has 0 spiro atoms. The van der Waals surface area contributed by atoms with E-state index in [9.17, 15) is 4.79 Å². The molecule has 2 rings (SSSR count). The maximum atomic E-state index is 12.5. The number of amides is 1. The molecule has 0 aliphatic heterocycles. The van der Waals surface area contributed by atoms with Crippen LogP contribution in [0.3, 0.4) is 0 Å². The van der Waals surface area contributed by atoms with Gasteiger partial charge in [0.2, 0.25) is 0 Å². The fraction of sp³-hybridized carbons (Fsp3) is 0.125. The molecule has 0 aromatic heterocycles. The minimum absolute atomic E-state index is 0.0645. The molecule has 2 aromatic carbocycles. The molecule has 0 heterocycles. The Bertz CT molecular complexity index is 634. The summed E-state index contributed by atoms with van der Waals surface area (Å²) < 4.78 is 0.737. The largest absolute Gasteiger partial charge is 0.321 e. The van der Waals surface area contributed by atoms with E-state index in [4.69, 9.17) is 5.26 Å². The van der Waals surface area contributed by atoms with Crippen molar-refractivity contribution in [3.8, 4) is 6.07 Å². The van der Waals surface area contributed by atoms with Crippen molar-refractivity contribution in [3.63, 3.8) is 0 Å². The highest BCUT2D eigenvalue weighted by molar-refractivity contribution is 9.10. The topological polar surface area (TPSA) is 44.1 Å². The van der Waals surface area contributed by atoms with Gasteiger partial charge in [0.05, 0.1) is 11.6 Å². The molecule has 0 N–H and O–H groups in total. The van der Waals surface area contributed by atoms with E-state index in [0.29, 0.717) is 12.1 Å². The van der Waals surface area contributed by atoms with E-state index in [2.05, 4.69) is 15.9 Å². The molecule has 2 aromatic rings. The van der Waals surface area contributed by atoms with E-state index in [1.54, 1.807) is 6.07 Å². The fourth-order valence-electron chi connectivity index (χ4n) is 1.89. The lowest BCUT2D eigenvalue weighted by atomic mass is 10.1. The first-order chi connectivity index (χ1) is 9.72. The number of carbonyl (C=O) groups is 1. The maximum Gasteiger partial charge on any atom is 0.256 e. The molecule has 0 unspecified atom stereocenters. The second-order valence-corrected chi connectivity index (χ2v) is 5.14. The number of nitrogens with zero attached hydrogens (tertiary/aromatic N) is 2. The zero-order valence-electron chi connectivity index (χ0n) is 10.8. The van der Waals surface area contributed by atoms with Gasteiger partial charge in [-0.2, -0.15) is 5.26 Å².